The lowest BCUT2D eigenvalue weighted by atomic mass is 9.98. The number of amides is 1. The summed E-state index contributed by atoms with van der Waals surface area (Å²) in [4.78, 5) is 36.0. The van der Waals surface area contributed by atoms with Crippen LogP contribution in [-0.2, 0) is 4.74 Å². The van der Waals surface area contributed by atoms with Crippen molar-refractivity contribution in [1.29, 1.82) is 0 Å². The molecule has 0 heterocycles. The SMILES string of the molecule is Nc1ccc(C(=O)O)c(C(=O)CCNC(=O)OCC2c3ccccc3-c3ccccc32)c1. The summed E-state index contributed by atoms with van der Waals surface area (Å²) in [5, 5.41) is 11.8. The highest BCUT2D eigenvalue weighted by molar-refractivity contribution is 6.06. The minimum absolute atomic E-state index is 0.0172. The van der Waals surface area contributed by atoms with Gasteiger partial charge < -0.3 is 20.9 Å². The number of alkyl carbamates (subject to hydrolysis) is 1. The third-order valence-corrected chi connectivity index (χ3v) is 5.54. The van der Waals surface area contributed by atoms with E-state index >= 15 is 0 Å². The number of carbonyl (C=O) groups is 3. The molecule has 162 valence electrons. The topological polar surface area (TPSA) is 119 Å². The number of rotatable bonds is 7. The molecule has 0 unspecified atom stereocenters. The fourth-order valence-corrected chi connectivity index (χ4v) is 4.04. The van der Waals surface area contributed by atoms with Crippen molar-refractivity contribution >= 4 is 23.5 Å². The predicted molar refractivity (Wildman–Crippen MR) is 120 cm³/mol. The average molecular weight is 430 g/mol. The molecule has 4 rings (SSSR count). The fraction of sp³-hybridized carbons (Fsp3) is 0.160. The van der Waals surface area contributed by atoms with Crippen molar-refractivity contribution in [3.8, 4) is 11.1 Å². The van der Waals surface area contributed by atoms with Crippen LogP contribution >= 0.6 is 0 Å². The molecule has 0 aromatic heterocycles. The standard InChI is InChI=1S/C25H22N2O5/c26-15-9-10-20(24(29)30)21(13-15)23(28)11-12-27-25(31)32-14-22-18-7-3-1-5-16(18)17-6-2-4-8-19(17)22/h1-10,13,22H,11-12,14,26H2,(H,27,31)(H,29,30). The highest BCUT2D eigenvalue weighted by Gasteiger charge is 2.29. The van der Waals surface area contributed by atoms with Gasteiger partial charge in [-0.05, 0) is 40.5 Å². The van der Waals surface area contributed by atoms with Crippen molar-refractivity contribution in [2.45, 2.75) is 12.3 Å². The third-order valence-electron chi connectivity index (χ3n) is 5.54. The number of nitrogens with two attached hydrogens (primary N) is 1. The quantitative estimate of drug-likeness (QED) is 0.384. The van der Waals surface area contributed by atoms with E-state index in [0.717, 1.165) is 22.3 Å². The van der Waals surface area contributed by atoms with Crippen LogP contribution in [0.4, 0.5) is 10.5 Å². The summed E-state index contributed by atoms with van der Waals surface area (Å²) >= 11 is 0. The summed E-state index contributed by atoms with van der Waals surface area (Å²) in [5.74, 6) is -1.69. The monoisotopic (exact) mass is 430 g/mol. The van der Waals surface area contributed by atoms with Crippen molar-refractivity contribution in [2.75, 3.05) is 18.9 Å². The number of Topliss-reactive ketones (excluding diaryl/α,β-unsaturated/α-hetero) is 1. The van der Waals surface area contributed by atoms with Gasteiger partial charge in [-0.1, -0.05) is 48.5 Å². The number of carboxylic acid groups (broad SMARTS) is 1. The maximum absolute atomic E-state index is 12.4. The molecule has 0 saturated carbocycles. The van der Waals surface area contributed by atoms with Gasteiger partial charge in [0.2, 0.25) is 0 Å². The van der Waals surface area contributed by atoms with Gasteiger partial charge in [0.15, 0.2) is 5.78 Å². The number of hydrogen-bond acceptors (Lipinski definition) is 5. The van der Waals surface area contributed by atoms with E-state index in [4.69, 9.17) is 10.5 Å². The first-order valence-corrected chi connectivity index (χ1v) is 10.2. The van der Waals surface area contributed by atoms with Gasteiger partial charge in [0.1, 0.15) is 6.61 Å². The molecule has 7 nitrogen and oxygen atoms in total. The molecular weight excluding hydrogens is 408 g/mol. The number of carbonyl (C=O) groups excluding carboxylic acids is 2. The van der Waals surface area contributed by atoms with E-state index in [1.54, 1.807) is 0 Å². The van der Waals surface area contributed by atoms with Crippen molar-refractivity contribution < 1.29 is 24.2 Å². The first-order valence-electron chi connectivity index (χ1n) is 10.2. The van der Waals surface area contributed by atoms with Gasteiger partial charge in [0.25, 0.3) is 0 Å². The summed E-state index contributed by atoms with van der Waals surface area (Å²) in [6.45, 7) is 0.190. The van der Waals surface area contributed by atoms with Crippen LogP contribution in [0, 0.1) is 0 Å². The zero-order valence-electron chi connectivity index (χ0n) is 17.2. The molecule has 4 N–H and O–H groups in total. The molecule has 1 aliphatic carbocycles. The second-order valence-corrected chi connectivity index (χ2v) is 7.54. The average Bonchev–Trinajstić information content (AvgIpc) is 3.11. The molecule has 0 saturated heterocycles. The van der Waals surface area contributed by atoms with Crippen LogP contribution in [-0.4, -0.2) is 36.1 Å². The second-order valence-electron chi connectivity index (χ2n) is 7.54. The molecule has 3 aromatic rings. The lowest BCUT2D eigenvalue weighted by molar-refractivity contribution is 0.0691. The zero-order valence-corrected chi connectivity index (χ0v) is 17.2. The molecule has 0 spiro atoms. The van der Waals surface area contributed by atoms with Crippen LogP contribution in [0.25, 0.3) is 11.1 Å². The van der Waals surface area contributed by atoms with Crippen LogP contribution in [0.2, 0.25) is 0 Å². The molecule has 1 amide bonds. The second kappa shape index (κ2) is 8.93. The van der Waals surface area contributed by atoms with Gasteiger partial charge in [0.05, 0.1) is 5.56 Å². The zero-order chi connectivity index (χ0) is 22.7. The van der Waals surface area contributed by atoms with E-state index in [-0.39, 0.29) is 36.6 Å². The molecule has 1 aliphatic rings. The maximum atomic E-state index is 12.4. The Labute approximate surface area is 184 Å². The summed E-state index contributed by atoms with van der Waals surface area (Å²) in [6, 6.07) is 20.1. The Kier molecular flexibility index (Phi) is 5.89. The normalized spacial score (nSPS) is 12.0. The van der Waals surface area contributed by atoms with Gasteiger partial charge in [-0.15, -0.1) is 0 Å². The first-order chi connectivity index (χ1) is 15.5. The molecule has 0 fully saturated rings. The lowest BCUT2D eigenvalue weighted by Gasteiger charge is -2.14. The number of ether oxygens (including phenoxy) is 1. The van der Waals surface area contributed by atoms with Crippen molar-refractivity contribution in [3.05, 3.63) is 89.0 Å². The van der Waals surface area contributed by atoms with Crippen molar-refractivity contribution in [1.82, 2.24) is 5.32 Å². The summed E-state index contributed by atoms with van der Waals surface area (Å²) < 4.78 is 5.43. The van der Waals surface area contributed by atoms with Crippen molar-refractivity contribution in [2.24, 2.45) is 0 Å². The highest BCUT2D eigenvalue weighted by atomic mass is 16.5. The first kappa shape index (κ1) is 21.1. The Morgan fingerprint density at radius 1 is 0.906 bits per heavy atom. The van der Waals surface area contributed by atoms with E-state index in [1.165, 1.54) is 18.2 Å². The number of anilines is 1. The maximum Gasteiger partial charge on any atom is 0.407 e. The number of fused-ring (bicyclic) bond motifs is 3. The Morgan fingerprint density at radius 3 is 2.16 bits per heavy atom. The molecule has 0 bridgehead atoms. The number of aromatic carboxylic acids is 1. The van der Waals surface area contributed by atoms with E-state index in [2.05, 4.69) is 17.4 Å². The number of hydrogen-bond donors (Lipinski definition) is 3. The Bertz CT molecular complexity index is 1160. The largest absolute Gasteiger partial charge is 0.478 e. The van der Waals surface area contributed by atoms with Crippen molar-refractivity contribution in [3.63, 3.8) is 0 Å². The van der Waals surface area contributed by atoms with E-state index < -0.39 is 17.8 Å². The molecule has 3 aromatic carbocycles. The van der Waals surface area contributed by atoms with Gasteiger partial charge in [-0.2, -0.15) is 0 Å². The Hall–Kier alpha value is -4.13. The molecular formula is C25H22N2O5. The van der Waals surface area contributed by atoms with E-state index in [1.807, 2.05) is 36.4 Å². The Morgan fingerprint density at radius 2 is 1.53 bits per heavy atom. The van der Waals surface area contributed by atoms with E-state index in [9.17, 15) is 19.5 Å². The number of benzene rings is 3. The van der Waals surface area contributed by atoms with Gasteiger partial charge in [-0.3, -0.25) is 4.79 Å². The fourth-order valence-electron chi connectivity index (χ4n) is 4.04. The van der Waals surface area contributed by atoms with Crippen LogP contribution in [0.1, 0.15) is 44.2 Å². The smallest absolute Gasteiger partial charge is 0.407 e. The number of ketones is 1. The summed E-state index contributed by atoms with van der Waals surface area (Å²) in [7, 11) is 0. The van der Waals surface area contributed by atoms with Crippen LogP contribution < -0.4 is 11.1 Å². The summed E-state index contributed by atoms with van der Waals surface area (Å²) in [5.41, 5.74) is 10.4. The molecule has 0 aliphatic heterocycles. The van der Waals surface area contributed by atoms with Gasteiger partial charge in [-0.25, -0.2) is 9.59 Å². The number of nitrogens with one attached hydrogen (secondary N) is 1. The minimum Gasteiger partial charge on any atom is -0.478 e. The minimum atomic E-state index is -1.21. The van der Waals surface area contributed by atoms with Gasteiger partial charge >= 0.3 is 12.1 Å². The molecule has 0 radical (unpaired) electrons. The number of nitrogen functional groups attached to an aromatic ring is 1. The van der Waals surface area contributed by atoms with E-state index in [0.29, 0.717) is 5.69 Å². The van der Waals surface area contributed by atoms with Crippen LogP contribution in [0.15, 0.2) is 66.7 Å². The highest BCUT2D eigenvalue weighted by Crippen LogP contribution is 2.44. The summed E-state index contributed by atoms with van der Waals surface area (Å²) in [6.07, 6.45) is -0.709. The molecule has 7 heteroatoms. The van der Waals surface area contributed by atoms with Crippen LogP contribution in [0.3, 0.4) is 0 Å². The third kappa shape index (κ3) is 4.18. The number of carboxylic acids is 1. The predicted octanol–water partition coefficient (Wildman–Crippen LogP) is 4.08. The Balaban J connectivity index is 1.34. The molecule has 0 atom stereocenters. The van der Waals surface area contributed by atoms with Gasteiger partial charge in [0, 0.05) is 30.1 Å². The molecule has 32 heavy (non-hydrogen) atoms. The lowest BCUT2D eigenvalue weighted by Crippen LogP contribution is -2.28. The van der Waals surface area contributed by atoms with Crippen LogP contribution in [0.5, 0.6) is 0 Å².